The number of pyridine rings is 1. The number of ether oxygens (including phenoxy) is 1. The number of halogens is 6. The Hall–Kier alpha value is -3.45. The second-order valence-corrected chi connectivity index (χ2v) is 5.90. The van der Waals surface area contributed by atoms with Crippen LogP contribution in [0.2, 0.25) is 0 Å². The van der Waals surface area contributed by atoms with Crippen molar-refractivity contribution in [1.29, 1.82) is 0 Å². The fraction of sp³-hybridized carbons (Fsp3) is 0.312. The van der Waals surface area contributed by atoms with Crippen LogP contribution in [-0.2, 0) is 6.18 Å². The largest absolute Gasteiger partial charge is 0.483 e. The van der Waals surface area contributed by atoms with Crippen LogP contribution in [-0.4, -0.2) is 37.9 Å². The van der Waals surface area contributed by atoms with Crippen molar-refractivity contribution in [2.75, 3.05) is 11.9 Å². The van der Waals surface area contributed by atoms with Gasteiger partial charge in [0, 0.05) is 12.4 Å². The van der Waals surface area contributed by atoms with E-state index in [9.17, 15) is 26.3 Å². The summed E-state index contributed by atoms with van der Waals surface area (Å²) in [4.78, 5) is 15.2. The van der Waals surface area contributed by atoms with Gasteiger partial charge in [0.25, 0.3) is 0 Å². The van der Waals surface area contributed by atoms with Gasteiger partial charge in [-0.15, -0.1) is 0 Å². The van der Waals surface area contributed by atoms with Crippen LogP contribution in [0.25, 0.3) is 11.4 Å². The van der Waals surface area contributed by atoms with Gasteiger partial charge in [-0.2, -0.15) is 31.3 Å². The normalized spacial score (nSPS) is 13.2. The summed E-state index contributed by atoms with van der Waals surface area (Å²) in [5, 5.41) is 6.12. The maximum absolute atomic E-state index is 12.5. The van der Waals surface area contributed by atoms with Gasteiger partial charge in [-0.25, -0.2) is 9.97 Å². The first-order valence-electron chi connectivity index (χ1n) is 8.16. The van der Waals surface area contributed by atoms with Gasteiger partial charge >= 0.3 is 18.2 Å². The highest BCUT2D eigenvalue weighted by molar-refractivity contribution is 5.52. The van der Waals surface area contributed by atoms with Crippen LogP contribution < -0.4 is 10.1 Å². The lowest BCUT2D eigenvalue weighted by Crippen LogP contribution is -2.19. The van der Waals surface area contributed by atoms with Gasteiger partial charge in [0.15, 0.2) is 6.61 Å². The van der Waals surface area contributed by atoms with E-state index in [0.29, 0.717) is 5.69 Å². The second-order valence-electron chi connectivity index (χ2n) is 5.90. The molecule has 0 saturated heterocycles. The molecule has 1 unspecified atom stereocenters. The molecule has 8 nitrogen and oxygen atoms in total. The molecule has 0 aliphatic carbocycles. The first-order chi connectivity index (χ1) is 14.0. The molecular weight excluding hydrogens is 422 g/mol. The molecule has 14 heteroatoms. The lowest BCUT2D eigenvalue weighted by Gasteiger charge is -2.14. The number of alkyl halides is 6. The molecule has 3 rings (SSSR count). The first kappa shape index (κ1) is 21.3. The van der Waals surface area contributed by atoms with E-state index in [4.69, 9.17) is 0 Å². The molecule has 30 heavy (non-hydrogen) atoms. The summed E-state index contributed by atoms with van der Waals surface area (Å²) in [5.41, 5.74) is 0.576. The third-order valence-corrected chi connectivity index (χ3v) is 3.53. The number of nitrogens with one attached hydrogen (secondary N) is 1. The number of rotatable bonds is 6. The maximum Gasteiger partial charge on any atom is 0.471 e. The van der Waals surface area contributed by atoms with Crippen molar-refractivity contribution in [2.24, 2.45) is 0 Å². The smallest absolute Gasteiger partial charge is 0.471 e. The highest BCUT2D eigenvalue weighted by Crippen LogP contribution is 2.29. The summed E-state index contributed by atoms with van der Waals surface area (Å²) in [7, 11) is 0. The number of hydrogen-bond donors (Lipinski definition) is 1. The Morgan fingerprint density at radius 1 is 1.03 bits per heavy atom. The van der Waals surface area contributed by atoms with Crippen LogP contribution in [0, 0.1) is 0 Å². The van der Waals surface area contributed by atoms with E-state index in [-0.39, 0.29) is 23.1 Å². The summed E-state index contributed by atoms with van der Waals surface area (Å²) in [5.74, 6) is -1.72. The van der Waals surface area contributed by atoms with Crippen molar-refractivity contribution >= 4 is 5.95 Å². The molecule has 3 aromatic heterocycles. The SMILES string of the molecule is CC(Nc1ncc(-c2noc(C(F)(F)F)n2)cn1)c1ccc(OCC(F)(F)F)cn1. The van der Waals surface area contributed by atoms with E-state index in [1.807, 2.05) is 0 Å². The molecule has 0 bridgehead atoms. The zero-order chi connectivity index (χ0) is 21.9. The van der Waals surface area contributed by atoms with Crippen LogP contribution in [0.4, 0.5) is 32.3 Å². The highest BCUT2D eigenvalue weighted by Gasteiger charge is 2.38. The maximum atomic E-state index is 12.5. The van der Waals surface area contributed by atoms with Crippen molar-refractivity contribution in [1.82, 2.24) is 25.1 Å². The molecule has 1 N–H and O–H groups in total. The van der Waals surface area contributed by atoms with Crippen molar-refractivity contribution in [2.45, 2.75) is 25.3 Å². The van der Waals surface area contributed by atoms with E-state index >= 15 is 0 Å². The third-order valence-electron chi connectivity index (χ3n) is 3.53. The van der Waals surface area contributed by atoms with Crippen molar-refractivity contribution < 1.29 is 35.6 Å². The van der Waals surface area contributed by atoms with Crippen molar-refractivity contribution in [3.8, 4) is 17.1 Å². The first-order valence-corrected chi connectivity index (χ1v) is 8.16. The molecule has 0 saturated carbocycles. The van der Waals surface area contributed by atoms with Gasteiger partial charge in [0.05, 0.1) is 23.5 Å². The number of anilines is 1. The molecule has 1 atom stereocenters. The molecule has 0 aromatic carbocycles. The van der Waals surface area contributed by atoms with Crippen LogP contribution in [0.1, 0.15) is 24.6 Å². The minimum Gasteiger partial charge on any atom is -0.483 e. The van der Waals surface area contributed by atoms with E-state index in [1.54, 1.807) is 6.92 Å². The van der Waals surface area contributed by atoms with E-state index in [1.165, 1.54) is 24.5 Å². The Morgan fingerprint density at radius 3 is 2.27 bits per heavy atom. The fourth-order valence-corrected chi connectivity index (χ4v) is 2.14. The number of hydrogen-bond acceptors (Lipinski definition) is 8. The Morgan fingerprint density at radius 2 is 1.73 bits per heavy atom. The zero-order valence-electron chi connectivity index (χ0n) is 15.0. The van der Waals surface area contributed by atoms with Crippen LogP contribution in [0.15, 0.2) is 35.2 Å². The number of aromatic nitrogens is 5. The average Bonchev–Trinajstić information content (AvgIpc) is 3.17. The van der Waals surface area contributed by atoms with Gasteiger partial charge in [0.1, 0.15) is 5.75 Å². The van der Waals surface area contributed by atoms with E-state index < -0.39 is 30.9 Å². The van der Waals surface area contributed by atoms with Crippen LogP contribution in [0.5, 0.6) is 5.75 Å². The van der Waals surface area contributed by atoms with E-state index in [0.717, 1.165) is 6.20 Å². The number of nitrogens with zero attached hydrogens (tertiary/aromatic N) is 5. The summed E-state index contributed by atoms with van der Waals surface area (Å²) in [6, 6.07) is 2.37. The fourth-order valence-electron chi connectivity index (χ4n) is 2.14. The average molecular weight is 434 g/mol. The summed E-state index contributed by atoms with van der Waals surface area (Å²) in [6.45, 7) is 0.275. The minimum absolute atomic E-state index is 0.0396. The minimum atomic E-state index is -4.76. The lowest BCUT2D eigenvalue weighted by atomic mass is 10.2. The monoisotopic (exact) mass is 434 g/mol. The highest BCUT2D eigenvalue weighted by atomic mass is 19.4. The molecule has 3 aromatic rings. The standard InChI is InChI=1S/C16H12F6N6O2/c1-8(11-3-2-10(6-23-11)29-7-15(17,18)19)26-14-24-4-9(5-25-14)12-27-13(30-28-12)16(20,21)22/h2-6,8H,7H2,1H3,(H,24,25,26). The zero-order valence-corrected chi connectivity index (χ0v) is 15.0. The lowest BCUT2D eigenvalue weighted by molar-refractivity contribution is -0.159. The molecule has 0 aliphatic rings. The molecule has 0 spiro atoms. The molecule has 3 heterocycles. The van der Waals surface area contributed by atoms with Gasteiger partial charge < -0.3 is 14.6 Å². The van der Waals surface area contributed by atoms with Crippen molar-refractivity contribution in [3.05, 3.63) is 42.3 Å². The predicted octanol–water partition coefficient (Wildman–Crippen LogP) is 4.05. The van der Waals surface area contributed by atoms with Crippen molar-refractivity contribution in [3.63, 3.8) is 0 Å². The summed E-state index contributed by atoms with van der Waals surface area (Å²) >= 11 is 0. The molecule has 0 fully saturated rings. The van der Waals surface area contributed by atoms with Gasteiger partial charge in [-0.1, -0.05) is 5.16 Å². The predicted molar refractivity (Wildman–Crippen MR) is 88.2 cm³/mol. The van der Waals surface area contributed by atoms with Gasteiger partial charge in [-0.3, -0.25) is 4.98 Å². The summed E-state index contributed by atoms with van der Waals surface area (Å²) in [6.07, 6.45) is -5.66. The molecule has 0 aliphatic heterocycles. The third kappa shape index (κ3) is 5.55. The van der Waals surface area contributed by atoms with Gasteiger partial charge in [-0.05, 0) is 19.1 Å². The Bertz CT molecular complexity index is 972. The van der Waals surface area contributed by atoms with Gasteiger partial charge in [0.2, 0.25) is 11.8 Å². The topological polar surface area (TPSA) is 98.9 Å². The quantitative estimate of drug-likeness (QED) is 0.580. The van der Waals surface area contributed by atoms with Crippen LogP contribution in [0.3, 0.4) is 0 Å². The second kappa shape index (κ2) is 8.12. The Kier molecular flexibility index (Phi) is 5.75. The molecular formula is C16H12F6N6O2. The summed E-state index contributed by atoms with van der Waals surface area (Å²) < 4.78 is 82.7. The Labute approximate surface area is 164 Å². The Balaban J connectivity index is 1.61. The molecule has 160 valence electrons. The molecule has 0 radical (unpaired) electrons. The van der Waals surface area contributed by atoms with Crippen LogP contribution >= 0.6 is 0 Å². The van der Waals surface area contributed by atoms with E-state index in [2.05, 4.69) is 39.7 Å². The molecule has 0 amide bonds.